The lowest BCUT2D eigenvalue weighted by Crippen LogP contribution is -2.46. The summed E-state index contributed by atoms with van der Waals surface area (Å²) in [7, 11) is -2.40. The molecule has 0 aromatic heterocycles. The van der Waals surface area contributed by atoms with Crippen LogP contribution in [0.3, 0.4) is 0 Å². The summed E-state index contributed by atoms with van der Waals surface area (Å²) in [6, 6.07) is 5.49. The first kappa shape index (κ1) is 19.4. The van der Waals surface area contributed by atoms with Crippen molar-refractivity contribution < 1.29 is 22.8 Å². The molecule has 25 heavy (non-hydrogen) atoms. The summed E-state index contributed by atoms with van der Waals surface area (Å²) in [6.07, 6.45) is 1.11. The van der Waals surface area contributed by atoms with Crippen LogP contribution in [-0.2, 0) is 24.4 Å². The molecule has 0 atom stereocenters. The highest BCUT2D eigenvalue weighted by molar-refractivity contribution is 7.89. The van der Waals surface area contributed by atoms with E-state index in [-0.39, 0.29) is 10.8 Å². The fourth-order valence-electron chi connectivity index (χ4n) is 2.59. The maximum Gasteiger partial charge on any atom is 0.323 e. The molecule has 1 amide bonds. The third-order valence-corrected chi connectivity index (χ3v) is 5.77. The number of piperidine rings is 1. The average Bonchev–Trinajstić information content (AvgIpc) is 2.59. The Kier molecular flexibility index (Phi) is 6.15. The molecular weight excluding hydrogens is 346 g/mol. The molecule has 0 saturated carbocycles. The molecule has 0 spiro atoms. The van der Waals surface area contributed by atoms with E-state index in [0.717, 1.165) is 4.47 Å². The summed E-state index contributed by atoms with van der Waals surface area (Å²) in [5, 5.41) is 3.15. The molecule has 138 valence electrons. The van der Waals surface area contributed by atoms with Crippen molar-refractivity contribution in [3.8, 4) is 0 Å². The smallest absolute Gasteiger partial charge is 0.323 e. The Balaban J connectivity index is 2.32. The number of nitrogens with zero attached hydrogens (tertiary/aromatic N) is 2. The molecule has 1 aromatic rings. The summed E-state index contributed by atoms with van der Waals surface area (Å²) < 4.78 is 26.7. The predicted molar refractivity (Wildman–Crippen MR) is 92.2 cm³/mol. The van der Waals surface area contributed by atoms with Gasteiger partial charge in [-0.3, -0.25) is 9.59 Å². The fourth-order valence-corrected chi connectivity index (χ4v) is 4.09. The van der Waals surface area contributed by atoms with Crippen LogP contribution in [0.25, 0.3) is 0 Å². The third kappa shape index (κ3) is 4.56. The first-order valence-corrected chi connectivity index (χ1v) is 9.45. The molecule has 0 unspecified atom stereocenters. The van der Waals surface area contributed by atoms with Gasteiger partial charge < -0.3 is 15.1 Å². The molecule has 0 aliphatic carbocycles. The Labute approximate surface area is 147 Å². The van der Waals surface area contributed by atoms with Crippen LogP contribution in [0.15, 0.2) is 29.2 Å². The van der Waals surface area contributed by atoms with Gasteiger partial charge in [-0.15, -0.1) is 0 Å². The van der Waals surface area contributed by atoms with E-state index in [1.807, 2.05) is 0 Å². The van der Waals surface area contributed by atoms with E-state index in [1.54, 1.807) is 19.2 Å². The number of hydrogen-bond acceptors (Lipinski definition) is 6. The van der Waals surface area contributed by atoms with E-state index < -0.39 is 22.0 Å². The van der Waals surface area contributed by atoms with Crippen molar-refractivity contribution in [3.05, 3.63) is 24.3 Å². The second-order valence-corrected chi connectivity index (χ2v) is 7.68. The van der Waals surface area contributed by atoms with Gasteiger partial charge in [0.2, 0.25) is 5.91 Å². The minimum absolute atomic E-state index is 0.00739. The van der Waals surface area contributed by atoms with Crippen molar-refractivity contribution in [1.82, 2.24) is 9.79 Å². The zero-order valence-corrected chi connectivity index (χ0v) is 15.4. The zero-order chi connectivity index (χ0) is 18.6. The lowest BCUT2D eigenvalue weighted by Gasteiger charge is -2.31. The maximum atomic E-state index is 12.9. The molecule has 1 saturated heterocycles. The van der Waals surface area contributed by atoms with Crippen LogP contribution in [0, 0.1) is 0 Å². The van der Waals surface area contributed by atoms with E-state index in [4.69, 9.17) is 4.84 Å². The first-order chi connectivity index (χ1) is 11.7. The van der Waals surface area contributed by atoms with Gasteiger partial charge in [0.15, 0.2) is 0 Å². The zero-order valence-electron chi connectivity index (χ0n) is 14.6. The average molecular weight is 369 g/mol. The van der Waals surface area contributed by atoms with Gasteiger partial charge in [0.1, 0.15) is 0 Å². The minimum Gasteiger partial charge on any atom is -0.353 e. The Morgan fingerprint density at radius 3 is 2.16 bits per heavy atom. The van der Waals surface area contributed by atoms with Gasteiger partial charge in [-0.1, -0.05) is 0 Å². The number of carbonyl (C=O) groups is 2. The topological polar surface area (TPSA) is 96.0 Å². The molecular formula is C16H23N3O5S. The van der Waals surface area contributed by atoms with Gasteiger partial charge in [0.05, 0.1) is 10.9 Å². The molecule has 1 aliphatic rings. The Morgan fingerprint density at radius 1 is 1.12 bits per heavy atom. The van der Waals surface area contributed by atoms with Crippen LogP contribution in [-0.4, -0.2) is 50.9 Å². The van der Waals surface area contributed by atoms with Crippen molar-refractivity contribution >= 4 is 27.6 Å². The number of hydroxylamine groups is 1. The lowest BCUT2D eigenvalue weighted by molar-refractivity contribution is -0.174. The Hall–Kier alpha value is -1.97. The van der Waals surface area contributed by atoms with E-state index in [9.17, 15) is 18.0 Å². The third-order valence-electron chi connectivity index (χ3n) is 4.06. The molecule has 1 aliphatic heterocycles. The monoisotopic (exact) mass is 369 g/mol. The maximum absolute atomic E-state index is 12.9. The molecule has 1 heterocycles. The summed E-state index contributed by atoms with van der Waals surface area (Å²) >= 11 is 0. The van der Waals surface area contributed by atoms with Crippen molar-refractivity contribution in [2.45, 2.75) is 37.6 Å². The van der Waals surface area contributed by atoms with E-state index in [2.05, 4.69) is 5.32 Å². The summed E-state index contributed by atoms with van der Waals surface area (Å²) in [5.74, 6) is -0.845. The summed E-state index contributed by atoms with van der Waals surface area (Å²) in [4.78, 5) is 29.3. The number of amides is 1. The van der Waals surface area contributed by atoms with E-state index >= 15 is 0 Å². The minimum atomic E-state index is -4.00. The van der Waals surface area contributed by atoms with Gasteiger partial charge in [0.25, 0.3) is 10.0 Å². The SMILES string of the molecule is CC(=O)ON(C1CCNCC1)S(=O)(=O)c1ccc(N(C)C(C)=O)cc1. The van der Waals surface area contributed by atoms with Crippen molar-refractivity contribution in [3.63, 3.8) is 0 Å². The van der Waals surface area contributed by atoms with Gasteiger partial charge in [-0.25, -0.2) is 8.42 Å². The highest BCUT2D eigenvalue weighted by atomic mass is 32.2. The normalized spacial score (nSPS) is 15.8. The van der Waals surface area contributed by atoms with Crippen LogP contribution < -0.4 is 10.2 Å². The Bertz CT molecular complexity index is 727. The molecule has 1 aromatic carbocycles. The Morgan fingerprint density at radius 2 is 1.68 bits per heavy atom. The van der Waals surface area contributed by atoms with Gasteiger partial charge in [-0.05, 0) is 54.7 Å². The number of rotatable bonds is 5. The van der Waals surface area contributed by atoms with Crippen LogP contribution in [0.1, 0.15) is 26.7 Å². The summed E-state index contributed by atoms with van der Waals surface area (Å²) in [6.45, 7) is 3.90. The molecule has 8 nitrogen and oxygen atoms in total. The van der Waals surface area contributed by atoms with Crippen molar-refractivity contribution in [2.75, 3.05) is 25.0 Å². The highest BCUT2D eigenvalue weighted by Gasteiger charge is 2.35. The quantitative estimate of drug-likeness (QED) is 0.775. The number of hydrogen-bond donors (Lipinski definition) is 1. The lowest BCUT2D eigenvalue weighted by atomic mass is 10.1. The van der Waals surface area contributed by atoms with Crippen LogP contribution >= 0.6 is 0 Å². The number of carbonyl (C=O) groups excluding carboxylic acids is 2. The number of benzene rings is 1. The number of nitrogens with one attached hydrogen (secondary N) is 1. The number of sulfonamides is 1. The van der Waals surface area contributed by atoms with Crippen LogP contribution in [0.2, 0.25) is 0 Å². The first-order valence-electron chi connectivity index (χ1n) is 8.01. The largest absolute Gasteiger partial charge is 0.353 e. The van der Waals surface area contributed by atoms with E-state index in [0.29, 0.717) is 31.6 Å². The molecule has 9 heteroatoms. The standard InChI is InChI=1S/C16H23N3O5S/c1-12(20)18(3)14-4-6-16(7-5-14)25(22,23)19(24-13(2)21)15-8-10-17-11-9-15/h4-7,15,17H,8-11H2,1-3H3. The van der Waals surface area contributed by atoms with Crippen LogP contribution in [0.4, 0.5) is 5.69 Å². The second-order valence-electron chi connectivity index (χ2n) is 5.90. The fraction of sp³-hybridized carbons (Fsp3) is 0.500. The van der Waals surface area contributed by atoms with E-state index in [1.165, 1.54) is 30.9 Å². The highest BCUT2D eigenvalue weighted by Crippen LogP contribution is 2.25. The molecule has 0 radical (unpaired) electrons. The van der Waals surface area contributed by atoms with Gasteiger partial charge in [-0.2, -0.15) is 0 Å². The molecule has 2 rings (SSSR count). The number of anilines is 1. The molecule has 0 bridgehead atoms. The van der Waals surface area contributed by atoms with Crippen molar-refractivity contribution in [2.24, 2.45) is 0 Å². The van der Waals surface area contributed by atoms with Crippen molar-refractivity contribution in [1.29, 1.82) is 0 Å². The molecule has 1 fully saturated rings. The summed E-state index contributed by atoms with van der Waals surface area (Å²) in [5.41, 5.74) is 0.576. The predicted octanol–water partition coefficient (Wildman–Crippen LogP) is 0.890. The van der Waals surface area contributed by atoms with Gasteiger partial charge >= 0.3 is 5.97 Å². The van der Waals surface area contributed by atoms with Crippen LogP contribution in [0.5, 0.6) is 0 Å². The second kappa shape index (κ2) is 7.94. The molecule has 1 N–H and O–H groups in total. The van der Waals surface area contributed by atoms with Gasteiger partial charge in [0, 0.05) is 26.6 Å².